The first kappa shape index (κ1) is 13.0. The zero-order valence-electron chi connectivity index (χ0n) is 9.95. The van der Waals surface area contributed by atoms with Crippen molar-refractivity contribution >= 4 is 14.0 Å². The molecule has 1 aromatic heterocycles. The molecule has 2 nitrogen and oxygen atoms in total. The van der Waals surface area contributed by atoms with E-state index in [9.17, 15) is 5.11 Å². The second kappa shape index (κ2) is 6.50. The number of pyridine rings is 1. The number of fused-ring (bicyclic) bond motifs is 1. The minimum absolute atomic E-state index is 0.239. The van der Waals surface area contributed by atoms with Gasteiger partial charge in [0.05, 0.1) is 0 Å². The first-order valence-corrected chi connectivity index (χ1v) is 8.42. The van der Waals surface area contributed by atoms with Gasteiger partial charge in [0.2, 0.25) is 0 Å². The average Bonchev–Trinajstić information content (AvgIpc) is 2.41. The van der Waals surface area contributed by atoms with Gasteiger partial charge < -0.3 is 5.11 Å². The van der Waals surface area contributed by atoms with Crippen LogP contribution in [0.15, 0.2) is 66.9 Å². The second-order valence-electron chi connectivity index (χ2n) is 3.84. The summed E-state index contributed by atoms with van der Waals surface area (Å²) in [6, 6.07) is 19.7. The van der Waals surface area contributed by atoms with Crippen molar-refractivity contribution in [3.8, 4) is 5.75 Å². The van der Waals surface area contributed by atoms with Crippen molar-refractivity contribution in [2.45, 2.75) is 0 Å². The van der Waals surface area contributed by atoms with Crippen molar-refractivity contribution in [3.63, 3.8) is 0 Å². The number of para-hydroxylation sites is 1. The van der Waals surface area contributed by atoms with Crippen LogP contribution in [-0.2, 0) is 26.1 Å². The summed E-state index contributed by atoms with van der Waals surface area (Å²) in [5.74, 6) is 0.239. The Kier molecular flexibility index (Phi) is 4.70. The van der Waals surface area contributed by atoms with E-state index in [0.717, 1.165) is 31.5 Å². The van der Waals surface area contributed by atoms with Crippen LogP contribution in [0.3, 0.4) is 0 Å². The summed E-state index contributed by atoms with van der Waals surface area (Å²) in [5.41, 5.74) is 0.662. The monoisotopic (exact) mass is 424 g/mol. The molecule has 1 N–H and O–H groups in total. The molecule has 3 aromatic rings. The van der Waals surface area contributed by atoms with Gasteiger partial charge >= 0.3 is 59.5 Å². The molecule has 0 atom stereocenters. The maximum absolute atomic E-state index is 9.31. The quantitative estimate of drug-likeness (QED) is 0.565. The molecular formula is C15H12HgNO. The molecule has 85 valence electrons. The van der Waals surface area contributed by atoms with E-state index in [0.29, 0.717) is 5.52 Å². The van der Waals surface area contributed by atoms with Crippen LogP contribution in [-0.4, -0.2) is 10.1 Å². The zero-order chi connectivity index (χ0) is 12.8. The number of aromatic hydroxyl groups is 1. The fraction of sp³-hybridized carbons (Fsp3) is 0. The molecule has 0 unspecified atom stereocenters. The van der Waals surface area contributed by atoms with E-state index in [4.69, 9.17) is 0 Å². The first-order valence-electron chi connectivity index (χ1n) is 5.67. The van der Waals surface area contributed by atoms with Gasteiger partial charge in [0, 0.05) is 11.6 Å². The van der Waals surface area contributed by atoms with Crippen molar-refractivity contribution in [2.75, 3.05) is 0 Å². The summed E-state index contributed by atoms with van der Waals surface area (Å²) in [4.78, 5) is 4.03. The van der Waals surface area contributed by atoms with Crippen LogP contribution in [0, 0.1) is 0 Å². The SMILES string of the molecule is Oc1cccc2cccnc12.[Hg][c]1ccccc1. The molecule has 0 saturated carbocycles. The molecule has 0 bridgehead atoms. The van der Waals surface area contributed by atoms with E-state index in [-0.39, 0.29) is 5.75 Å². The number of aromatic nitrogens is 1. The van der Waals surface area contributed by atoms with Gasteiger partial charge in [-0.05, 0) is 12.1 Å². The Bertz CT molecular complexity index is 620. The van der Waals surface area contributed by atoms with Crippen LogP contribution in [0.1, 0.15) is 0 Å². The first-order chi connectivity index (χ1) is 8.77. The predicted octanol–water partition coefficient (Wildman–Crippen LogP) is 2.80. The van der Waals surface area contributed by atoms with Gasteiger partial charge in [-0.15, -0.1) is 0 Å². The molecule has 0 amide bonds. The summed E-state index contributed by atoms with van der Waals surface area (Å²) in [5, 5.41) is 10.3. The van der Waals surface area contributed by atoms with Crippen LogP contribution >= 0.6 is 0 Å². The molecule has 2 aromatic carbocycles. The Labute approximate surface area is 122 Å². The summed E-state index contributed by atoms with van der Waals surface area (Å²) in [6.45, 7) is 0. The third kappa shape index (κ3) is 3.54. The van der Waals surface area contributed by atoms with E-state index < -0.39 is 0 Å². The summed E-state index contributed by atoms with van der Waals surface area (Å²) in [7, 11) is 0. The summed E-state index contributed by atoms with van der Waals surface area (Å²) in [6.07, 6.45) is 1.67. The number of phenolic OH excluding ortho intramolecular Hbond substituents is 1. The normalized spacial score (nSPS) is 9.67. The van der Waals surface area contributed by atoms with Crippen molar-refractivity contribution in [1.29, 1.82) is 0 Å². The van der Waals surface area contributed by atoms with Crippen LogP contribution in [0.4, 0.5) is 0 Å². The standard InChI is InChI=1S/C9H7NO.C6H5.Hg/c11-8-5-1-3-7-4-2-6-10-9(7)8;1-2-4-6-5-3-1;/h1-6,11H;1-5H;. The second-order valence-corrected chi connectivity index (χ2v) is 7.01. The van der Waals surface area contributed by atoms with E-state index >= 15 is 0 Å². The molecule has 0 fully saturated rings. The molecule has 0 saturated heterocycles. The summed E-state index contributed by atoms with van der Waals surface area (Å²) >= 11 is 0.810. The van der Waals surface area contributed by atoms with Crippen molar-refractivity contribution < 1.29 is 31.2 Å². The third-order valence-corrected chi connectivity index (χ3v) is 4.29. The van der Waals surface area contributed by atoms with Gasteiger partial charge in [-0.2, -0.15) is 0 Å². The van der Waals surface area contributed by atoms with Crippen LogP contribution < -0.4 is 3.07 Å². The van der Waals surface area contributed by atoms with Gasteiger partial charge in [0.1, 0.15) is 11.3 Å². The van der Waals surface area contributed by atoms with Crippen molar-refractivity contribution in [1.82, 2.24) is 4.98 Å². The molecule has 0 spiro atoms. The van der Waals surface area contributed by atoms with Gasteiger partial charge in [-0.1, -0.05) is 18.2 Å². The fourth-order valence-electron chi connectivity index (χ4n) is 1.57. The molecule has 0 aliphatic heterocycles. The third-order valence-electron chi connectivity index (χ3n) is 2.45. The number of hydrogen-bond donors (Lipinski definition) is 1. The molecule has 3 rings (SSSR count). The van der Waals surface area contributed by atoms with Crippen LogP contribution in [0.5, 0.6) is 5.75 Å². The maximum atomic E-state index is 9.31. The van der Waals surface area contributed by atoms with Crippen LogP contribution in [0.2, 0.25) is 0 Å². The van der Waals surface area contributed by atoms with E-state index in [1.807, 2.05) is 18.2 Å². The molecule has 0 aliphatic carbocycles. The number of benzene rings is 2. The van der Waals surface area contributed by atoms with Crippen molar-refractivity contribution in [2.24, 2.45) is 0 Å². The number of hydrogen-bond acceptors (Lipinski definition) is 2. The van der Waals surface area contributed by atoms with E-state index in [2.05, 4.69) is 35.3 Å². The predicted molar refractivity (Wildman–Crippen MR) is 69.5 cm³/mol. The molecule has 0 radical (unpaired) electrons. The Morgan fingerprint density at radius 2 is 1.56 bits per heavy atom. The van der Waals surface area contributed by atoms with E-state index in [1.54, 1.807) is 18.3 Å². The fourth-order valence-corrected chi connectivity index (χ4v) is 2.62. The van der Waals surface area contributed by atoms with Gasteiger partial charge in [0.15, 0.2) is 0 Å². The topological polar surface area (TPSA) is 33.1 Å². The van der Waals surface area contributed by atoms with Crippen molar-refractivity contribution in [3.05, 3.63) is 66.9 Å². The molecule has 3 heteroatoms. The Balaban J connectivity index is 0.000000149. The molecular weight excluding hydrogens is 411 g/mol. The average molecular weight is 423 g/mol. The zero-order valence-corrected chi connectivity index (χ0v) is 15.5. The molecule has 0 aliphatic rings. The summed E-state index contributed by atoms with van der Waals surface area (Å²) < 4.78 is 1.52. The van der Waals surface area contributed by atoms with Gasteiger partial charge in [-0.25, -0.2) is 0 Å². The number of rotatable bonds is 0. The van der Waals surface area contributed by atoms with E-state index in [1.165, 1.54) is 3.07 Å². The number of phenols is 1. The Morgan fingerprint density at radius 3 is 2.17 bits per heavy atom. The molecule has 18 heavy (non-hydrogen) atoms. The van der Waals surface area contributed by atoms with Gasteiger partial charge in [0.25, 0.3) is 0 Å². The number of nitrogens with zero attached hydrogens (tertiary/aromatic N) is 1. The Hall–Kier alpha value is -1.41. The minimum atomic E-state index is 0.239. The van der Waals surface area contributed by atoms with Crippen LogP contribution in [0.25, 0.3) is 10.9 Å². The Morgan fingerprint density at radius 1 is 0.833 bits per heavy atom. The molecule has 1 heterocycles. The van der Waals surface area contributed by atoms with Gasteiger partial charge in [-0.3, -0.25) is 4.98 Å².